The fourth-order valence-corrected chi connectivity index (χ4v) is 4.87. The molecule has 0 bridgehead atoms. The first-order valence-corrected chi connectivity index (χ1v) is 13.1. The van der Waals surface area contributed by atoms with Gasteiger partial charge >= 0.3 is 0 Å². The SMILES string of the molecule is CCCCCCNC(=O)CNc1ccc2c(cc1=O)[C@@H](NC(C)=O)CCc1cc(OC)c(OC)c(OC)c1-2. The number of aryl methyl sites for hydroxylation is 1. The molecule has 0 radical (unpaired) electrons. The van der Waals surface area contributed by atoms with E-state index in [1.54, 1.807) is 27.4 Å². The maximum atomic E-state index is 13.3. The third-order valence-electron chi connectivity index (χ3n) is 6.71. The van der Waals surface area contributed by atoms with Crippen LogP contribution in [0.15, 0.2) is 29.1 Å². The smallest absolute Gasteiger partial charge is 0.239 e. The zero-order valence-electron chi connectivity index (χ0n) is 23.0. The van der Waals surface area contributed by atoms with Gasteiger partial charge in [-0.25, -0.2) is 0 Å². The molecule has 9 heteroatoms. The summed E-state index contributed by atoms with van der Waals surface area (Å²) in [6.45, 7) is 4.20. The highest BCUT2D eigenvalue weighted by molar-refractivity contribution is 5.84. The molecule has 0 aromatic heterocycles. The maximum Gasteiger partial charge on any atom is 0.239 e. The van der Waals surface area contributed by atoms with Crippen LogP contribution in [0.2, 0.25) is 0 Å². The van der Waals surface area contributed by atoms with Crippen molar-refractivity contribution in [2.45, 2.75) is 58.4 Å². The molecular weight excluding hydrogens is 486 g/mol. The molecule has 2 aromatic carbocycles. The largest absolute Gasteiger partial charge is 0.493 e. The van der Waals surface area contributed by atoms with Crippen LogP contribution in [0, 0.1) is 0 Å². The number of amides is 2. The summed E-state index contributed by atoms with van der Waals surface area (Å²) >= 11 is 0. The summed E-state index contributed by atoms with van der Waals surface area (Å²) in [6, 6.07) is 6.55. The van der Waals surface area contributed by atoms with Crippen molar-refractivity contribution >= 4 is 17.5 Å². The van der Waals surface area contributed by atoms with Crippen molar-refractivity contribution in [3.8, 4) is 28.4 Å². The first-order chi connectivity index (χ1) is 18.3. The van der Waals surface area contributed by atoms with Crippen LogP contribution < -0.4 is 35.6 Å². The number of benzene rings is 1. The highest BCUT2D eigenvalue weighted by atomic mass is 16.5. The van der Waals surface area contributed by atoms with Crippen molar-refractivity contribution in [2.75, 3.05) is 39.7 Å². The van der Waals surface area contributed by atoms with Crippen LogP contribution in [-0.4, -0.2) is 46.2 Å². The Labute approximate surface area is 224 Å². The number of hydrogen-bond donors (Lipinski definition) is 3. The number of carbonyl (C=O) groups excluding carboxylic acids is 2. The average Bonchev–Trinajstić information content (AvgIpc) is 3.14. The summed E-state index contributed by atoms with van der Waals surface area (Å²) in [5.74, 6) is 1.11. The topological polar surface area (TPSA) is 115 Å². The van der Waals surface area contributed by atoms with Gasteiger partial charge in [0.25, 0.3) is 0 Å². The van der Waals surface area contributed by atoms with E-state index in [9.17, 15) is 14.4 Å². The molecule has 0 spiro atoms. The predicted octanol–water partition coefficient (Wildman–Crippen LogP) is 3.97. The van der Waals surface area contributed by atoms with Gasteiger partial charge in [0.1, 0.15) is 0 Å². The molecule has 3 N–H and O–H groups in total. The molecule has 1 atom stereocenters. The zero-order chi connectivity index (χ0) is 27.7. The van der Waals surface area contributed by atoms with Crippen LogP contribution in [0.4, 0.5) is 5.69 Å². The molecule has 38 heavy (non-hydrogen) atoms. The van der Waals surface area contributed by atoms with Gasteiger partial charge in [-0.1, -0.05) is 32.3 Å². The Kier molecular flexibility index (Phi) is 10.4. The van der Waals surface area contributed by atoms with Crippen LogP contribution in [0.1, 0.15) is 63.1 Å². The molecular formula is C29H39N3O6. The first-order valence-electron chi connectivity index (χ1n) is 13.1. The molecule has 2 amide bonds. The Morgan fingerprint density at radius 1 is 1.00 bits per heavy atom. The van der Waals surface area contributed by atoms with E-state index in [-0.39, 0.29) is 23.8 Å². The number of unbranched alkanes of at least 4 members (excludes halogenated alkanes) is 3. The van der Waals surface area contributed by atoms with Crippen molar-refractivity contribution in [1.82, 2.24) is 10.6 Å². The van der Waals surface area contributed by atoms with Gasteiger partial charge in [0.2, 0.25) is 23.0 Å². The van der Waals surface area contributed by atoms with Crippen molar-refractivity contribution in [3.05, 3.63) is 45.6 Å². The number of ether oxygens (including phenoxy) is 3. The molecule has 0 heterocycles. The standard InChI is InChI=1S/C29H39N3O6/c1-6-7-8-9-14-30-26(35)17-31-23-13-11-20-21(16-24(23)34)22(32-18(2)33)12-10-19-15-25(36-3)28(37-4)29(38-5)27(19)20/h11,13,15-16,22H,6-10,12,14,17H2,1-5H3,(H,30,35)(H,31,34)(H,32,33)/t22-/m0/s1. The second kappa shape index (κ2) is 13.7. The Bertz CT molecular complexity index is 1210. The molecule has 0 saturated heterocycles. The van der Waals surface area contributed by atoms with E-state index < -0.39 is 6.04 Å². The summed E-state index contributed by atoms with van der Waals surface area (Å²) in [6.07, 6.45) is 5.48. The lowest BCUT2D eigenvalue weighted by Gasteiger charge is -2.19. The number of carbonyl (C=O) groups is 2. The van der Waals surface area contributed by atoms with Crippen molar-refractivity contribution in [1.29, 1.82) is 0 Å². The van der Waals surface area contributed by atoms with E-state index in [4.69, 9.17) is 14.2 Å². The highest BCUT2D eigenvalue weighted by Gasteiger charge is 2.29. The predicted molar refractivity (Wildman–Crippen MR) is 148 cm³/mol. The summed E-state index contributed by atoms with van der Waals surface area (Å²) in [7, 11) is 4.67. The van der Waals surface area contributed by atoms with Gasteiger partial charge in [-0.15, -0.1) is 0 Å². The fourth-order valence-electron chi connectivity index (χ4n) is 4.87. The number of anilines is 1. The number of rotatable bonds is 12. The minimum Gasteiger partial charge on any atom is -0.493 e. The van der Waals surface area contributed by atoms with E-state index in [1.165, 1.54) is 13.0 Å². The summed E-state index contributed by atoms with van der Waals surface area (Å²) in [4.78, 5) is 37.7. The minimum absolute atomic E-state index is 0.0161. The molecule has 1 aliphatic carbocycles. The maximum absolute atomic E-state index is 13.3. The molecule has 0 aliphatic heterocycles. The second-order valence-electron chi connectivity index (χ2n) is 9.36. The number of methoxy groups -OCH3 is 3. The third kappa shape index (κ3) is 6.76. The van der Waals surface area contributed by atoms with E-state index >= 15 is 0 Å². The van der Waals surface area contributed by atoms with Gasteiger partial charge in [-0.05, 0) is 54.2 Å². The van der Waals surface area contributed by atoms with Crippen LogP contribution in [0.5, 0.6) is 17.2 Å². The van der Waals surface area contributed by atoms with E-state index in [0.29, 0.717) is 47.9 Å². The lowest BCUT2D eigenvalue weighted by atomic mass is 9.95. The molecule has 1 aliphatic rings. The Balaban J connectivity index is 2.03. The molecule has 0 saturated carbocycles. The summed E-state index contributed by atoms with van der Waals surface area (Å²) < 4.78 is 17.0. The van der Waals surface area contributed by atoms with Crippen molar-refractivity contribution < 1.29 is 23.8 Å². The normalized spacial score (nSPS) is 13.9. The molecule has 0 unspecified atom stereocenters. The first kappa shape index (κ1) is 28.8. The number of hydrogen-bond acceptors (Lipinski definition) is 7. The molecule has 0 fully saturated rings. The van der Waals surface area contributed by atoms with Gasteiger partial charge in [-0.3, -0.25) is 14.4 Å². The third-order valence-corrected chi connectivity index (χ3v) is 6.71. The summed E-state index contributed by atoms with van der Waals surface area (Å²) in [5.41, 5.74) is 3.15. The van der Waals surface area contributed by atoms with Crippen LogP contribution in [0.25, 0.3) is 11.1 Å². The Morgan fingerprint density at radius 2 is 1.76 bits per heavy atom. The quantitative estimate of drug-likeness (QED) is 0.359. The average molecular weight is 526 g/mol. The molecule has 9 nitrogen and oxygen atoms in total. The number of nitrogens with one attached hydrogen (secondary N) is 3. The highest BCUT2D eigenvalue weighted by Crippen LogP contribution is 2.50. The lowest BCUT2D eigenvalue weighted by Crippen LogP contribution is -2.31. The van der Waals surface area contributed by atoms with Crippen LogP contribution in [-0.2, 0) is 16.0 Å². The van der Waals surface area contributed by atoms with Crippen LogP contribution in [0.3, 0.4) is 0 Å². The fraction of sp³-hybridized carbons (Fsp3) is 0.483. The van der Waals surface area contributed by atoms with Gasteiger partial charge in [-0.2, -0.15) is 0 Å². The van der Waals surface area contributed by atoms with Gasteiger partial charge in [0, 0.05) is 19.0 Å². The monoisotopic (exact) mass is 525 g/mol. The van der Waals surface area contributed by atoms with Gasteiger partial charge in [0.05, 0.1) is 39.6 Å². The van der Waals surface area contributed by atoms with Crippen LogP contribution >= 0.6 is 0 Å². The van der Waals surface area contributed by atoms with E-state index in [2.05, 4.69) is 22.9 Å². The summed E-state index contributed by atoms with van der Waals surface area (Å²) in [5, 5.41) is 8.86. The molecule has 2 aromatic rings. The Hall–Kier alpha value is -3.75. The van der Waals surface area contributed by atoms with Crippen molar-refractivity contribution in [3.63, 3.8) is 0 Å². The van der Waals surface area contributed by atoms with Gasteiger partial charge in [0.15, 0.2) is 11.5 Å². The van der Waals surface area contributed by atoms with Gasteiger partial charge < -0.3 is 30.2 Å². The number of fused-ring (bicyclic) bond motifs is 3. The molecule has 3 rings (SSSR count). The second-order valence-corrected chi connectivity index (χ2v) is 9.36. The molecule has 206 valence electrons. The van der Waals surface area contributed by atoms with E-state index in [0.717, 1.165) is 42.4 Å². The zero-order valence-corrected chi connectivity index (χ0v) is 23.0. The Morgan fingerprint density at radius 3 is 2.42 bits per heavy atom. The lowest BCUT2D eigenvalue weighted by molar-refractivity contribution is -0.120. The van der Waals surface area contributed by atoms with Crippen molar-refractivity contribution in [2.24, 2.45) is 0 Å². The van der Waals surface area contributed by atoms with E-state index in [1.807, 2.05) is 12.1 Å². The minimum atomic E-state index is -0.393.